The molecule has 0 spiro atoms. The average Bonchev–Trinajstić information content (AvgIpc) is 2.01. The lowest BCUT2D eigenvalue weighted by molar-refractivity contribution is 0.336. The lowest BCUT2D eigenvalue weighted by Crippen LogP contribution is -2.23. The van der Waals surface area contributed by atoms with Gasteiger partial charge in [-0.25, -0.2) is 0 Å². The van der Waals surface area contributed by atoms with E-state index in [4.69, 9.17) is 5.73 Å². The molecule has 0 aliphatic heterocycles. The monoisotopic (exact) mass is 217 g/mol. The second-order valence-electron chi connectivity index (χ2n) is 5.79. The molecule has 1 nitrogen and oxygen atoms in total. The highest BCUT2D eigenvalue weighted by Gasteiger charge is 2.15. The van der Waals surface area contributed by atoms with Gasteiger partial charge in [0, 0.05) is 4.75 Å². The van der Waals surface area contributed by atoms with E-state index < -0.39 is 0 Å². The number of hydrogen-bond donors (Lipinski definition) is 1. The molecule has 0 amide bonds. The van der Waals surface area contributed by atoms with Crippen LogP contribution in [0.1, 0.15) is 53.9 Å². The zero-order chi connectivity index (χ0) is 11.2. The van der Waals surface area contributed by atoms with Gasteiger partial charge < -0.3 is 5.73 Å². The van der Waals surface area contributed by atoms with Crippen LogP contribution in [0, 0.1) is 5.41 Å². The third kappa shape index (κ3) is 8.89. The number of nitrogens with two attached hydrogens (primary N) is 1. The first-order valence-electron chi connectivity index (χ1n) is 5.61. The molecule has 0 aromatic heterocycles. The van der Waals surface area contributed by atoms with E-state index in [1.54, 1.807) is 0 Å². The van der Waals surface area contributed by atoms with Gasteiger partial charge >= 0.3 is 0 Å². The highest BCUT2D eigenvalue weighted by Crippen LogP contribution is 2.26. The predicted octanol–water partition coefficient (Wildman–Crippen LogP) is 3.67. The van der Waals surface area contributed by atoms with Crippen LogP contribution in [0.5, 0.6) is 0 Å². The summed E-state index contributed by atoms with van der Waals surface area (Å²) in [6.07, 6.45) is 3.90. The smallest absolute Gasteiger partial charge is 0.00750 e. The van der Waals surface area contributed by atoms with Crippen molar-refractivity contribution >= 4 is 11.8 Å². The maximum Gasteiger partial charge on any atom is 0.00750 e. The Bertz CT molecular complexity index is 147. The number of rotatable bonds is 6. The first-order chi connectivity index (χ1) is 6.27. The zero-order valence-corrected chi connectivity index (χ0v) is 11.3. The van der Waals surface area contributed by atoms with E-state index in [9.17, 15) is 0 Å². The Morgan fingerprint density at radius 2 is 1.57 bits per heavy atom. The molecule has 0 atom stereocenters. The molecule has 0 aliphatic carbocycles. The molecule has 0 bridgehead atoms. The number of thioether (sulfide) groups is 1. The summed E-state index contributed by atoms with van der Waals surface area (Å²) >= 11 is 2.06. The molecule has 0 radical (unpaired) electrons. The molecule has 0 saturated heterocycles. The molecule has 0 saturated carbocycles. The lowest BCUT2D eigenvalue weighted by Gasteiger charge is -2.22. The van der Waals surface area contributed by atoms with Crippen molar-refractivity contribution in [1.82, 2.24) is 0 Å². The molecule has 86 valence electrons. The van der Waals surface area contributed by atoms with Gasteiger partial charge in [-0.3, -0.25) is 0 Å². The minimum absolute atomic E-state index is 0.340. The zero-order valence-electron chi connectivity index (χ0n) is 10.5. The van der Waals surface area contributed by atoms with Gasteiger partial charge in [0.05, 0.1) is 0 Å². The van der Waals surface area contributed by atoms with Crippen LogP contribution in [0.2, 0.25) is 0 Å². The Morgan fingerprint density at radius 3 is 2.00 bits per heavy atom. The van der Waals surface area contributed by atoms with E-state index >= 15 is 0 Å². The van der Waals surface area contributed by atoms with Crippen molar-refractivity contribution in [1.29, 1.82) is 0 Å². The van der Waals surface area contributed by atoms with Crippen LogP contribution in [0.25, 0.3) is 0 Å². The summed E-state index contributed by atoms with van der Waals surface area (Å²) in [5.74, 6) is 1.28. The predicted molar refractivity (Wildman–Crippen MR) is 68.9 cm³/mol. The lowest BCUT2D eigenvalue weighted by atomic mass is 9.88. The summed E-state index contributed by atoms with van der Waals surface area (Å²) < 4.78 is 0.420. The normalized spacial score (nSPS) is 13.3. The fraction of sp³-hybridized carbons (Fsp3) is 1.00. The van der Waals surface area contributed by atoms with Gasteiger partial charge in [-0.1, -0.05) is 41.0 Å². The van der Waals surface area contributed by atoms with Crippen molar-refractivity contribution in [2.75, 3.05) is 12.3 Å². The van der Waals surface area contributed by atoms with Gasteiger partial charge in [0.15, 0.2) is 0 Å². The molecule has 0 unspecified atom stereocenters. The molecule has 2 N–H and O–H groups in total. The summed E-state index contributed by atoms with van der Waals surface area (Å²) in [7, 11) is 0. The Morgan fingerprint density at radius 1 is 1.00 bits per heavy atom. The van der Waals surface area contributed by atoms with E-state index in [0.29, 0.717) is 10.2 Å². The molecular weight excluding hydrogens is 190 g/mol. The number of hydrogen-bond acceptors (Lipinski definition) is 2. The molecule has 0 fully saturated rings. The minimum Gasteiger partial charge on any atom is -0.330 e. The summed E-state index contributed by atoms with van der Waals surface area (Å²) in [4.78, 5) is 0. The molecule has 0 rings (SSSR count). The van der Waals surface area contributed by atoms with Crippen LogP contribution in [0.15, 0.2) is 0 Å². The Labute approximate surface area is 94.2 Å². The van der Waals surface area contributed by atoms with E-state index in [0.717, 1.165) is 6.54 Å². The average molecular weight is 217 g/mol. The van der Waals surface area contributed by atoms with Crippen molar-refractivity contribution < 1.29 is 0 Å². The van der Waals surface area contributed by atoms with Crippen molar-refractivity contribution in [3.05, 3.63) is 0 Å². The van der Waals surface area contributed by atoms with E-state index in [2.05, 4.69) is 46.4 Å². The summed E-state index contributed by atoms with van der Waals surface area (Å²) in [6, 6.07) is 0. The summed E-state index contributed by atoms with van der Waals surface area (Å²) in [5.41, 5.74) is 6.02. The molecular formula is C12H27NS. The fourth-order valence-electron chi connectivity index (χ4n) is 1.19. The van der Waals surface area contributed by atoms with E-state index in [1.165, 1.54) is 25.0 Å². The standard InChI is InChI=1S/C12H27NS/c1-11(2,3)14-9-7-6-8-12(4,5)10-13/h6-10,13H2,1-5H3. The van der Waals surface area contributed by atoms with Gasteiger partial charge in [0.2, 0.25) is 0 Å². The Kier molecular flexibility index (Phi) is 6.15. The molecule has 0 aromatic carbocycles. The van der Waals surface area contributed by atoms with Crippen molar-refractivity contribution in [3.63, 3.8) is 0 Å². The van der Waals surface area contributed by atoms with Crippen molar-refractivity contribution in [2.24, 2.45) is 11.1 Å². The van der Waals surface area contributed by atoms with E-state index in [-0.39, 0.29) is 0 Å². The highest BCUT2D eigenvalue weighted by molar-refractivity contribution is 8.00. The molecule has 0 aromatic rings. The molecule has 2 heteroatoms. The van der Waals surface area contributed by atoms with E-state index in [1.807, 2.05) is 0 Å². The Hall–Kier alpha value is 0.310. The van der Waals surface area contributed by atoms with Crippen molar-refractivity contribution in [2.45, 2.75) is 58.6 Å². The van der Waals surface area contributed by atoms with Gasteiger partial charge in [0.25, 0.3) is 0 Å². The molecule has 14 heavy (non-hydrogen) atoms. The van der Waals surface area contributed by atoms with Crippen LogP contribution in [0.3, 0.4) is 0 Å². The maximum atomic E-state index is 5.69. The van der Waals surface area contributed by atoms with Gasteiger partial charge in [0.1, 0.15) is 0 Å². The summed E-state index contributed by atoms with van der Waals surface area (Å²) in [6.45, 7) is 12.2. The Balaban J connectivity index is 3.39. The molecule has 0 heterocycles. The topological polar surface area (TPSA) is 26.0 Å². The number of unbranched alkanes of at least 4 members (excludes halogenated alkanes) is 1. The van der Waals surface area contributed by atoms with Crippen LogP contribution < -0.4 is 5.73 Å². The van der Waals surface area contributed by atoms with Gasteiger partial charge in [-0.15, -0.1) is 0 Å². The van der Waals surface area contributed by atoms with Crippen LogP contribution in [0.4, 0.5) is 0 Å². The third-order valence-corrected chi connectivity index (χ3v) is 3.69. The van der Waals surface area contributed by atoms with Crippen LogP contribution >= 0.6 is 11.8 Å². The highest BCUT2D eigenvalue weighted by atomic mass is 32.2. The first-order valence-corrected chi connectivity index (χ1v) is 6.59. The second-order valence-corrected chi connectivity index (χ2v) is 7.71. The first kappa shape index (κ1) is 14.3. The maximum absolute atomic E-state index is 5.69. The van der Waals surface area contributed by atoms with Crippen molar-refractivity contribution in [3.8, 4) is 0 Å². The largest absolute Gasteiger partial charge is 0.330 e. The third-order valence-electron chi connectivity index (χ3n) is 2.34. The van der Waals surface area contributed by atoms with Crippen LogP contribution in [-0.2, 0) is 0 Å². The SMILES string of the molecule is CC(C)(CN)CCCCSC(C)(C)C. The second kappa shape index (κ2) is 6.02. The van der Waals surface area contributed by atoms with Crippen LogP contribution in [-0.4, -0.2) is 17.0 Å². The minimum atomic E-state index is 0.340. The quantitative estimate of drug-likeness (QED) is 0.687. The fourth-order valence-corrected chi connectivity index (χ4v) is 2.15. The van der Waals surface area contributed by atoms with Gasteiger partial charge in [-0.2, -0.15) is 11.8 Å². The summed E-state index contributed by atoms with van der Waals surface area (Å²) in [5, 5.41) is 0. The van der Waals surface area contributed by atoms with Gasteiger partial charge in [-0.05, 0) is 30.6 Å². The molecule has 0 aliphatic rings.